The molecule has 0 saturated heterocycles. The number of halogens is 1. The topological polar surface area (TPSA) is 32.9 Å². The van der Waals surface area contributed by atoms with Crippen LogP contribution >= 0.6 is 11.6 Å². The minimum atomic E-state index is 0.0536. The molecule has 0 aliphatic heterocycles. The van der Waals surface area contributed by atoms with Crippen molar-refractivity contribution in [2.75, 3.05) is 0 Å². The Hall–Kier alpha value is -1.28. The van der Waals surface area contributed by atoms with Gasteiger partial charge in [-0.25, -0.2) is 0 Å². The Morgan fingerprint density at radius 2 is 1.88 bits per heavy atom. The highest BCUT2D eigenvalue weighted by molar-refractivity contribution is 6.31. The Bertz CT molecular complexity index is 601. The molecule has 0 radical (unpaired) electrons. The molecular weight excluding hydrogens is 234 g/mol. The average molecular weight is 250 g/mol. The van der Waals surface area contributed by atoms with Crippen molar-refractivity contribution < 1.29 is 0 Å². The van der Waals surface area contributed by atoms with Crippen molar-refractivity contribution in [2.45, 2.75) is 26.7 Å². The number of aromatic nitrogens is 1. The summed E-state index contributed by atoms with van der Waals surface area (Å²) in [5.41, 5.74) is 1.84. The molecule has 0 aliphatic carbocycles. The summed E-state index contributed by atoms with van der Waals surface area (Å²) in [6, 6.07) is 7.00. The first-order valence-electron chi connectivity index (χ1n) is 5.81. The molecule has 3 heteroatoms. The molecule has 1 aromatic carbocycles. The van der Waals surface area contributed by atoms with Crippen LogP contribution in [0.25, 0.3) is 10.9 Å². The Morgan fingerprint density at radius 1 is 1.18 bits per heavy atom. The normalized spacial score (nSPS) is 13.2. The summed E-state index contributed by atoms with van der Waals surface area (Å²) in [5.74, 6) is 0.813. The fourth-order valence-electron chi connectivity index (χ4n) is 1.85. The molecule has 0 amide bonds. The van der Waals surface area contributed by atoms with Crippen molar-refractivity contribution in [3.8, 4) is 0 Å². The van der Waals surface area contributed by atoms with Crippen LogP contribution in [0.5, 0.6) is 0 Å². The van der Waals surface area contributed by atoms with Gasteiger partial charge in [0.1, 0.15) is 0 Å². The minimum absolute atomic E-state index is 0.0536. The first-order valence-corrected chi connectivity index (χ1v) is 6.19. The lowest BCUT2D eigenvalue weighted by Gasteiger charge is -2.16. The second-order valence-corrected chi connectivity index (χ2v) is 5.25. The van der Waals surface area contributed by atoms with E-state index in [4.69, 9.17) is 11.6 Å². The van der Waals surface area contributed by atoms with E-state index in [-0.39, 0.29) is 5.43 Å². The largest absolute Gasteiger partial charge is 0.358 e. The van der Waals surface area contributed by atoms with Gasteiger partial charge in [0.05, 0.1) is 5.52 Å². The van der Waals surface area contributed by atoms with Gasteiger partial charge in [0.25, 0.3) is 0 Å². The number of hydrogen-bond donors (Lipinski definition) is 1. The number of nitrogens with one attached hydrogen (secondary N) is 1. The van der Waals surface area contributed by atoms with Gasteiger partial charge in [-0.2, -0.15) is 0 Å². The molecule has 90 valence electrons. The van der Waals surface area contributed by atoms with Crippen molar-refractivity contribution in [2.24, 2.45) is 5.92 Å². The Labute approximate surface area is 106 Å². The molecule has 2 nitrogen and oxygen atoms in total. The average Bonchev–Trinajstić information content (AvgIpc) is 2.27. The molecule has 1 unspecified atom stereocenters. The predicted octanol–water partition coefficient (Wildman–Crippen LogP) is 3.94. The van der Waals surface area contributed by atoms with Crippen LogP contribution in [-0.2, 0) is 0 Å². The zero-order valence-electron chi connectivity index (χ0n) is 10.3. The van der Waals surface area contributed by atoms with E-state index in [1.165, 1.54) is 0 Å². The van der Waals surface area contributed by atoms with Gasteiger partial charge in [0, 0.05) is 22.2 Å². The van der Waals surface area contributed by atoms with Crippen molar-refractivity contribution in [3.63, 3.8) is 0 Å². The lowest BCUT2D eigenvalue weighted by atomic mass is 9.94. The molecule has 1 heterocycles. The van der Waals surface area contributed by atoms with Crippen LogP contribution in [0, 0.1) is 5.92 Å². The van der Waals surface area contributed by atoms with Gasteiger partial charge < -0.3 is 4.98 Å². The summed E-state index contributed by atoms with van der Waals surface area (Å²) < 4.78 is 0. The molecular formula is C14H16ClNO. The van der Waals surface area contributed by atoms with E-state index in [0.717, 1.165) is 11.2 Å². The molecule has 1 atom stereocenters. The van der Waals surface area contributed by atoms with E-state index in [1.54, 1.807) is 24.3 Å². The van der Waals surface area contributed by atoms with Gasteiger partial charge in [0.2, 0.25) is 0 Å². The summed E-state index contributed by atoms with van der Waals surface area (Å²) in [4.78, 5) is 15.3. The van der Waals surface area contributed by atoms with Crippen LogP contribution in [0.1, 0.15) is 32.4 Å². The van der Waals surface area contributed by atoms with Crippen LogP contribution in [-0.4, -0.2) is 4.98 Å². The number of pyridine rings is 1. The SMILES string of the molecule is CC(C)C(C)c1cc(=O)c2ccc(Cl)cc2[nH]1. The smallest absolute Gasteiger partial charge is 0.189 e. The maximum atomic E-state index is 12.0. The summed E-state index contributed by atoms with van der Waals surface area (Å²) in [7, 11) is 0. The van der Waals surface area contributed by atoms with Gasteiger partial charge in [-0.05, 0) is 30.0 Å². The summed E-state index contributed by atoms with van der Waals surface area (Å²) in [6.07, 6.45) is 0. The van der Waals surface area contributed by atoms with Crippen molar-refractivity contribution in [1.82, 2.24) is 4.98 Å². The molecule has 1 N–H and O–H groups in total. The van der Waals surface area contributed by atoms with E-state index in [1.807, 2.05) is 0 Å². The van der Waals surface area contributed by atoms with Crippen molar-refractivity contribution in [3.05, 3.63) is 45.2 Å². The second-order valence-electron chi connectivity index (χ2n) is 4.81. The standard InChI is InChI=1S/C14H16ClNO/c1-8(2)9(3)12-7-14(17)11-5-4-10(15)6-13(11)16-12/h4-9H,1-3H3,(H,16,17). The number of H-pyrrole nitrogens is 1. The summed E-state index contributed by atoms with van der Waals surface area (Å²) >= 11 is 5.94. The van der Waals surface area contributed by atoms with Gasteiger partial charge in [-0.3, -0.25) is 4.79 Å². The summed E-state index contributed by atoms with van der Waals surface area (Å²) in [6.45, 7) is 6.41. The number of aromatic amines is 1. The highest BCUT2D eigenvalue weighted by atomic mass is 35.5. The second kappa shape index (κ2) is 4.53. The van der Waals surface area contributed by atoms with Crippen molar-refractivity contribution >= 4 is 22.5 Å². The molecule has 0 aliphatic rings. The van der Waals surface area contributed by atoms with Crippen LogP contribution in [0.4, 0.5) is 0 Å². The highest BCUT2D eigenvalue weighted by Gasteiger charge is 2.12. The fraction of sp³-hybridized carbons (Fsp3) is 0.357. The van der Waals surface area contributed by atoms with E-state index in [0.29, 0.717) is 22.2 Å². The van der Waals surface area contributed by atoms with Crippen molar-refractivity contribution in [1.29, 1.82) is 0 Å². The lowest BCUT2D eigenvalue weighted by Crippen LogP contribution is -2.10. The van der Waals surface area contributed by atoms with Gasteiger partial charge in [-0.1, -0.05) is 32.4 Å². The predicted molar refractivity (Wildman–Crippen MR) is 72.8 cm³/mol. The Balaban J connectivity index is 2.65. The number of rotatable bonds is 2. The molecule has 17 heavy (non-hydrogen) atoms. The van der Waals surface area contributed by atoms with Crippen LogP contribution in [0.3, 0.4) is 0 Å². The van der Waals surface area contributed by atoms with Crippen LogP contribution in [0.2, 0.25) is 5.02 Å². The van der Waals surface area contributed by atoms with E-state index in [9.17, 15) is 4.79 Å². The first-order chi connectivity index (χ1) is 7.99. The molecule has 0 saturated carbocycles. The van der Waals surface area contributed by atoms with Crippen LogP contribution < -0.4 is 5.43 Å². The molecule has 0 bridgehead atoms. The maximum Gasteiger partial charge on any atom is 0.189 e. The van der Waals surface area contributed by atoms with Gasteiger partial charge in [-0.15, -0.1) is 0 Å². The number of hydrogen-bond acceptors (Lipinski definition) is 1. The minimum Gasteiger partial charge on any atom is -0.358 e. The molecule has 2 rings (SSSR count). The van der Waals surface area contributed by atoms with Crippen LogP contribution in [0.15, 0.2) is 29.1 Å². The number of fused-ring (bicyclic) bond motifs is 1. The third-order valence-corrected chi connectivity index (χ3v) is 3.54. The van der Waals surface area contributed by atoms with E-state index in [2.05, 4.69) is 25.8 Å². The lowest BCUT2D eigenvalue weighted by molar-refractivity contribution is 0.525. The molecule has 0 fully saturated rings. The zero-order chi connectivity index (χ0) is 12.6. The fourth-order valence-corrected chi connectivity index (χ4v) is 2.02. The molecule has 2 aromatic rings. The third-order valence-electron chi connectivity index (χ3n) is 3.30. The number of benzene rings is 1. The van der Waals surface area contributed by atoms with E-state index >= 15 is 0 Å². The first kappa shape index (κ1) is 12.2. The summed E-state index contributed by atoms with van der Waals surface area (Å²) in [5, 5.41) is 1.33. The highest BCUT2D eigenvalue weighted by Crippen LogP contribution is 2.23. The quantitative estimate of drug-likeness (QED) is 0.859. The van der Waals surface area contributed by atoms with Gasteiger partial charge in [0.15, 0.2) is 5.43 Å². The molecule has 1 aromatic heterocycles. The zero-order valence-corrected chi connectivity index (χ0v) is 11.0. The van der Waals surface area contributed by atoms with E-state index < -0.39 is 0 Å². The third kappa shape index (κ3) is 2.37. The Morgan fingerprint density at radius 3 is 2.53 bits per heavy atom. The van der Waals surface area contributed by atoms with Gasteiger partial charge >= 0.3 is 0 Å². The monoisotopic (exact) mass is 249 g/mol. The Kier molecular flexibility index (Phi) is 3.25. The molecule has 0 spiro atoms. The maximum absolute atomic E-state index is 12.0.